The molecule has 3 aromatic carbocycles. The molecule has 6 nitrogen and oxygen atoms in total. The summed E-state index contributed by atoms with van der Waals surface area (Å²) in [6.45, 7) is 2.83. The number of rotatable bonds is 6. The number of amides is 1. The van der Waals surface area contributed by atoms with E-state index in [1.165, 1.54) is 5.56 Å². The third-order valence-electron chi connectivity index (χ3n) is 5.77. The zero-order valence-electron chi connectivity index (χ0n) is 18.4. The molecule has 2 heterocycles. The number of furan rings is 1. The Hall–Kier alpha value is -4.32. The molecule has 6 heteroatoms. The van der Waals surface area contributed by atoms with Gasteiger partial charge in [0.05, 0.1) is 13.3 Å². The second-order valence-electron chi connectivity index (χ2n) is 7.78. The number of carbonyl (C=O) groups is 1. The number of aromatic nitrogens is 1. The van der Waals surface area contributed by atoms with Crippen molar-refractivity contribution in [3.8, 4) is 5.75 Å². The number of ether oxygens (including phenoxy) is 1. The highest BCUT2D eigenvalue weighted by atomic mass is 16.5. The van der Waals surface area contributed by atoms with E-state index < -0.39 is 5.91 Å². The predicted octanol–water partition coefficient (Wildman–Crippen LogP) is 5.52. The first kappa shape index (κ1) is 20.6. The fourth-order valence-electron chi connectivity index (χ4n) is 4.11. The molecule has 0 radical (unpaired) electrons. The van der Waals surface area contributed by atoms with E-state index in [4.69, 9.17) is 9.15 Å². The van der Waals surface area contributed by atoms with Gasteiger partial charge in [-0.05, 0) is 30.7 Å². The number of methoxy groups -OCH3 is 1. The van der Waals surface area contributed by atoms with Crippen LogP contribution in [-0.4, -0.2) is 23.8 Å². The summed E-state index contributed by atoms with van der Waals surface area (Å²) < 4.78 is 13.3. The minimum Gasteiger partial charge on any atom is -0.493 e. The quantitative estimate of drug-likeness (QED) is 0.281. The summed E-state index contributed by atoms with van der Waals surface area (Å²) >= 11 is 0. The van der Waals surface area contributed by atoms with Gasteiger partial charge < -0.3 is 13.7 Å². The van der Waals surface area contributed by atoms with E-state index in [1.807, 2.05) is 42.5 Å². The Morgan fingerprint density at radius 1 is 1.06 bits per heavy atom. The standard InChI is InChI=1S/C27H23N3O3/c1-18-22(21-12-6-7-13-23(21)30(18)17-19-9-4-3-5-10-19)16-28-29-27(31)25-15-20-11-8-14-24(32-2)26(20)33-25/h3-16H,17H2,1-2H3,(H,29,31)/b28-16-. The summed E-state index contributed by atoms with van der Waals surface area (Å²) in [5, 5.41) is 6.11. The lowest BCUT2D eigenvalue weighted by molar-refractivity contribution is 0.0929. The van der Waals surface area contributed by atoms with E-state index in [0.29, 0.717) is 11.3 Å². The number of carbonyl (C=O) groups excluding carboxylic acids is 1. The molecule has 0 unspecified atom stereocenters. The van der Waals surface area contributed by atoms with E-state index in [1.54, 1.807) is 25.5 Å². The fraction of sp³-hybridized carbons (Fsp3) is 0.111. The molecule has 33 heavy (non-hydrogen) atoms. The van der Waals surface area contributed by atoms with Crippen molar-refractivity contribution in [3.05, 3.63) is 101 Å². The van der Waals surface area contributed by atoms with Crippen LogP contribution in [0.1, 0.15) is 27.4 Å². The van der Waals surface area contributed by atoms with E-state index in [9.17, 15) is 4.79 Å². The first-order valence-electron chi connectivity index (χ1n) is 10.7. The zero-order valence-corrected chi connectivity index (χ0v) is 18.4. The van der Waals surface area contributed by atoms with Crippen LogP contribution in [0.3, 0.4) is 0 Å². The Kier molecular flexibility index (Phi) is 5.40. The molecule has 5 rings (SSSR count). The van der Waals surface area contributed by atoms with Crippen molar-refractivity contribution >= 4 is 34.0 Å². The predicted molar refractivity (Wildman–Crippen MR) is 130 cm³/mol. The van der Waals surface area contributed by atoms with Crippen LogP contribution < -0.4 is 10.2 Å². The highest BCUT2D eigenvalue weighted by Gasteiger charge is 2.15. The molecular formula is C27H23N3O3. The lowest BCUT2D eigenvalue weighted by Crippen LogP contribution is -2.16. The maximum atomic E-state index is 12.6. The summed E-state index contributed by atoms with van der Waals surface area (Å²) in [7, 11) is 1.57. The van der Waals surface area contributed by atoms with Crippen LogP contribution in [-0.2, 0) is 6.54 Å². The Balaban J connectivity index is 1.42. The average Bonchev–Trinajstić information content (AvgIpc) is 3.40. The Morgan fingerprint density at radius 2 is 1.85 bits per heavy atom. The van der Waals surface area contributed by atoms with Gasteiger partial charge in [-0.25, -0.2) is 5.43 Å². The van der Waals surface area contributed by atoms with Crippen LogP contribution >= 0.6 is 0 Å². The second kappa shape index (κ2) is 8.67. The molecule has 0 spiro atoms. The molecular weight excluding hydrogens is 414 g/mol. The molecule has 2 aromatic heterocycles. The number of benzene rings is 3. The van der Waals surface area contributed by atoms with Crippen molar-refractivity contribution in [3.63, 3.8) is 0 Å². The number of nitrogens with one attached hydrogen (secondary N) is 1. The molecule has 0 saturated carbocycles. The highest BCUT2D eigenvalue weighted by Crippen LogP contribution is 2.28. The first-order chi connectivity index (χ1) is 16.2. The number of hydrogen-bond acceptors (Lipinski definition) is 4. The van der Waals surface area contributed by atoms with Gasteiger partial charge in [-0.2, -0.15) is 5.10 Å². The molecule has 0 atom stereocenters. The smallest absolute Gasteiger partial charge is 0.307 e. The van der Waals surface area contributed by atoms with Gasteiger partial charge in [-0.3, -0.25) is 4.79 Å². The number of hydrogen-bond donors (Lipinski definition) is 1. The average molecular weight is 437 g/mol. The molecule has 1 amide bonds. The van der Waals surface area contributed by atoms with Crippen molar-refractivity contribution < 1.29 is 13.9 Å². The molecule has 164 valence electrons. The molecule has 5 aromatic rings. The van der Waals surface area contributed by atoms with Crippen molar-refractivity contribution in [2.45, 2.75) is 13.5 Å². The molecule has 0 aliphatic heterocycles. The van der Waals surface area contributed by atoms with Gasteiger partial charge in [0.2, 0.25) is 0 Å². The van der Waals surface area contributed by atoms with Crippen LogP contribution in [0.4, 0.5) is 0 Å². The Labute approximate surface area is 191 Å². The van der Waals surface area contributed by atoms with Gasteiger partial charge in [0.15, 0.2) is 17.1 Å². The Bertz CT molecular complexity index is 1480. The summed E-state index contributed by atoms with van der Waals surface area (Å²) in [6, 6.07) is 25.7. The normalized spacial score (nSPS) is 11.5. The summed E-state index contributed by atoms with van der Waals surface area (Å²) in [5.41, 5.74) is 7.50. The lowest BCUT2D eigenvalue weighted by Gasteiger charge is -2.08. The fourth-order valence-corrected chi connectivity index (χ4v) is 4.11. The van der Waals surface area contributed by atoms with Gasteiger partial charge >= 0.3 is 5.91 Å². The maximum absolute atomic E-state index is 12.6. The molecule has 0 saturated heterocycles. The van der Waals surface area contributed by atoms with Crippen LogP contribution in [0.2, 0.25) is 0 Å². The maximum Gasteiger partial charge on any atom is 0.307 e. The monoisotopic (exact) mass is 437 g/mol. The third kappa shape index (κ3) is 3.87. The van der Waals surface area contributed by atoms with E-state index >= 15 is 0 Å². The van der Waals surface area contributed by atoms with E-state index in [0.717, 1.165) is 34.1 Å². The van der Waals surface area contributed by atoms with E-state index in [2.05, 4.69) is 46.3 Å². The lowest BCUT2D eigenvalue weighted by atomic mass is 10.1. The molecule has 0 fully saturated rings. The SMILES string of the molecule is COc1cccc2cc(C(=O)N/N=C\c3c(C)n(Cc4ccccc4)c4ccccc34)oc12. The van der Waals surface area contributed by atoms with Crippen molar-refractivity contribution in [1.29, 1.82) is 0 Å². The number of para-hydroxylation sites is 2. The third-order valence-corrected chi connectivity index (χ3v) is 5.77. The number of nitrogens with zero attached hydrogens (tertiary/aromatic N) is 2. The summed E-state index contributed by atoms with van der Waals surface area (Å²) in [4.78, 5) is 12.6. The molecule has 0 aliphatic carbocycles. The largest absolute Gasteiger partial charge is 0.493 e. The van der Waals surface area contributed by atoms with E-state index in [-0.39, 0.29) is 5.76 Å². The van der Waals surface area contributed by atoms with Gasteiger partial charge in [0.25, 0.3) is 0 Å². The zero-order chi connectivity index (χ0) is 22.8. The topological polar surface area (TPSA) is 68.8 Å². The minimum atomic E-state index is -0.421. The molecule has 0 aliphatic rings. The molecule has 1 N–H and O–H groups in total. The van der Waals surface area contributed by atoms with Crippen LogP contribution in [0.25, 0.3) is 21.9 Å². The van der Waals surface area contributed by atoms with Gasteiger partial charge in [0.1, 0.15) is 0 Å². The van der Waals surface area contributed by atoms with Crippen LogP contribution in [0, 0.1) is 6.92 Å². The highest BCUT2D eigenvalue weighted by molar-refractivity contribution is 6.02. The van der Waals surface area contributed by atoms with Crippen molar-refractivity contribution in [2.75, 3.05) is 7.11 Å². The summed E-state index contributed by atoms with van der Waals surface area (Å²) in [5.74, 6) is 0.335. The van der Waals surface area contributed by atoms with Crippen molar-refractivity contribution in [1.82, 2.24) is 9.99 Å². The van der Waals surface area contributed by atoms with Gasteiger partial charge in [0, 0.05) is 34.1 Å². The minimum absolute atomic E-state index is 0.176. The number of hydrazone groups is 1. The number of fused-ring (bicyclic) bond motifs is 2. The Morgan fingerprint density at radius 3 is 2.67 bits per heavy atom. The van der Waals surface area contributed by atoms with Crippen molar-refractivity contribution in [2.24, 2.45) is 5.10 Å². The van der Waals surface area contributed by atoms with Crippen LogP contribution in [0.15, 0.2) is 88.4 Å². The second-order valence-corrected chi connectivity index (χ2v) is 7.78. The molecule has 0 bridgehead atoms. The van der Waals surface area contributed by atoms with Crippen LogP contribution in [0.5, 0.6) is 5.75 Å². The summed E-state index contributed by atoms with van der Waals surface area (Å²) in [6.07, 6.45) is 1.69. The van der Waals surface area contributed by atoms with Gasteiger partial charge in [-0.1, -0.05) is 60.7 Å². The first-order valence-corrected chi connectivity index (χ1v) is 10.7. The van der Waals surface area contributed by atoms with Gasteiger partial charge in [-0.15, -0.1) is 0 Å².